The molecule has 0 aliphatic heterocycles. The highest BCUT2D eigenvalue weighted by atomic mass is 19.3. The average Bonchev–Trinajstić information content (AvgIpc) is 1.96. The molecular weight excluding hydrogens is 170 g/mol. The van der Waals surface area contributed by atoms with E-state index in [0.29, 0.717) is 0 Å². The summed E-state index contributed by atoms with van der Waals surface area (Å²) in [6, 6.07) is -0.853. The minimum Gasteiger partial charge on any atom is -0.493 e. The maximum atomic E-state index is 12.1. The zero-order valence-electron chi connectivity index (χ0n) is 6.12. The Morgan fingerprint density at radius 2 is 1.83 bits per heavy atom. The van der Waals surface area contributed by atoms with Crippen LogP contribution in [0.15, 0.2) is 0 Å². The van der Waals surface area contributed by atoms with Crippen molar-refractivity contribution >= 4 is 0 Å². The zero-order chi connectivity index (χ0) is 9.30. The maximum Gasteiger partial charge on any atom is 0.317 e. The van der Waals surface area contributed by atoms with Gasteiger partial charge in [0.05, 0.1) is 0 Å². The third-order valence-corrected chi connectivity index (χ3v) is 1.35. The fourth-order valence-corrected chi connectivity index (χ4v) is 0.722. The molecule has 6 heteroatoms. The van der Waals surface area contributed by atoms with Crippen LogP contribution < -0.4 is 0 Å². The Morgan fingerprint density at radius 3 is 2.33 bits per heavy atom. The first-order chi connectivity index (χ1) is 5.52. The number of aromatic hydroxyl groups is 2. The Balaban J connectivity index is 3.28. The molecule has 12 heavy (non-hydrogen) atoms. The predicted molar refractivity (Wildman–Crippen MR) is 35.1 cm³/mol. The van der Waals surface area contributed by atoms with E-state index < -0.39 is 24.0 Å². The molecule has 4 nitrogen and oxygen atoms in total. The molecule has 0 aliphatic carbocycles. The van der Waals surface area contributed by atoms with Gasteiger partial charge in [-0.15, -0.1) is 0 Å². The maximum absolute atomic E-state index is 12.1. The number of aromatic nitrogens is 2. The predicted octanol–water partition coefficient (Wildman–Crippen LogP) is 1.13. The second kappa shape index (κ2) is 2.88. The number of rotatable bonds is 1. The molecular formula is C6H6F2N2O2. The highest BCUT2D eigenvalue weighted by Gasteiger charge is 2.17. The number of nitrogens with zero attached hydrogens (tertiary/aromatic N) is 2. The molecule has 1 rings (SSSR count). The fourth-order valence-electron chi connectivity index (χ4n) is 0.722. The summed E-state index contributed by atoms with van der Waals surface area (Å²) in [5.74, 6) is -0.627. The van der Waals surface area contributed by atoms with Gasteiger partial charge in [0, 0.05) is 5.56 Å². The standard InChI is InChI=1S/C6H6F2N2O2/c1-2-3(4(7)8)9-6(12)10-5(2)11/h4H,1H3,(H2,9,10,11,12). The SMILES string of the molecule is Cc1c(O)nc(O)nc1C(F)F. The number of halogens is 2. The Hall–Kier alpha value is -1.46. The molecule has 0 bridgehead atoms. The third kappa shape index (κ3) is 1.41. The smallest absolute Gasteiger partial charge is 0.317 e. The molecule has 0 spiro atoms. The molecule has 66 valence electrons. The van der Waals surface area contributed by atoms with E-state index in [1.165, 1.54) is 6.92 Å². The molecule has 0 atom stereocenters. The van der Waals surface area contributed by atoms with Crippen LogP contribution in [-0.2, 0) is 0 Å². The lowest BCUT2D eigenvalue weighted by atomic mass is 10.2. The van der Waals surface area contributed by atoms with Gasteiger partial charge in [-0.2, -0.15) is 9.97 Å². The first-order valence-electron chi connectivity index (χ1n) is 3.07. The van der Waals surface area contributed by atoms with Gasteiger partial charge in [0.25, 0.3) is 6.43 Å². The lowest BCUT2D eigenvalue weighted by Gasteiger charge is -2.04. The van der Waals surface area contributed by atoms with Crippen LogP contribution in [0.3, 0.4) is 0 Å². The van der Waals surface area contributed by atoms with E-state index >= 15 is 0 Å². The number of alkyl halides is 2. The highest BCUT2D eigenvalue weighted by Crippen LogP contribution is 2.26. The van der Waals surface area contributed by atoms with Crippen LogP contribution in [0.5, 0.6) is 11.9 Å². The molecule has 2 N–H and O–H groups in total. The molecule has 0 aromatic carbocycles. The minimum absolute atomic E-state index is 0.122. The van der Waals surface area contributed by atoms with Gasteiger partial charge >= 0.3 is 6.01 Å². The summed E-state index contributed by atoms with van der Waals surface area (Å²) in [6.07, 6.45) is -2.83. The topological polar surface area (TPSA) is 66.2 Å². The van der Waals surface area contributed by atoms with Crippen LogP contribution in [0.2, 0.25) is 0 Å². The molecule has 1 aromatic heterocycles. The van der Waals surface area contributed by atoms with Gasteiger partial charge in [0.1, 0.15) is 5.69 Å². The average molecular weight is 176 g/mol. The van der Waals surface area contributed by atoms with Crippen molar-refractivity contribution in [1.82, 2.24) is 9.97 Å². The second-order valence-electron chi connectivity index (χ2n) is 2.16. The zero-order valence-corrected chi connectivity index (χ0v) is 6.12. The van der Waals surface area contributed by atoms with E-state index in [1.54, 1.807) is 0 Å². The normalized spacial score (nSPS) is 10.7. The minimum atomic E-state index is -2.83. The molecule has 0 saturated carbocycles. The van der Waals surface area contributed by atoms with Crippen LogP contribution in [-0.4, -0.2) is 20.2 Å². The van der Waals surface area contributed by atoms with Crippen LogP contribution in [0.25, 0.3) is 0 Å². The summed E-state index contributed by atoms with van der Waals surface area (Å²) in [6.45, 7) is 1.25. The summed E-state index contributed by atoms with van der Waals surface area (Å²) < 4.78 is 24.2. The van der Waals surface area contributed by atoms with Crippen molar-refractivity contribution < 1.29 is 19.0 Å². The molecule has 0 fully saturated rings. The van der Waals surface area contributed by atoms with Crippen molar-refractivity contribution in [3.8, 4) is 11.9 Å². The molecule has 1 aromatic rings. The molecule has 0 amide bonds. The second-order valence-corrected chi connectivity index (χ2v) is 2.16. The first kappa shape index (κ1) is 8.63. The van der Waals surface area contributed by atoms with Crippen molar-refractivity contribution in [2.75, 3.05) is 0 Å². The Bertz CT molecular complexity index is 304. The monoisotopic (exact) mass is 176 g/mol. The number of hydrogen-bond donors (Lipinski definition) is 2. The lowest BCUT2D eigenvalue weighted by molar-refractivity contribution is 0.143. The van der Waals surface area contributed by atoms with Gasteiger partial charge in [0.15, 0.2) is 0 Å². The molecule has 1 heterocycles. The van der Waals surface area contributed by atoms with E-state index in [-0.39, 0.29) is 5.56 Å². The summed E-state index contributed by atoms with van der Waals surface area (Å²) in [5.41, 5.74) is -0.775. The fraction of sp³-hybridized carbons (Fsp3) is 0.333. The summed E-state index contributed by atoms with van der Waals surface area (Å²) >= 11 is 0. The summed E-state index contributed by atoms with van der Waals surface area (Å²) in [5, 5.41) is 17.5. The molecule has 0 radical (unpaired) electrons. The van der Waals surface area contributed by atoms with Crippen LogP contribution in [0, 0.1) is 6.92 Å². The van der Waals surface area contributed by atoms with Crippen molar-refractivity contribution in [3.05, 3.63) is 11.3 Å². The van der Waals surface area contributed by atoms with Gasteiger partial charge in [0.2, 0.25) is 5.88 Å². The van der Waals surface area contributed by atoms with Crippen molar-refractivity contribution in [2.45, 2.75) is 13.3 Å². The van der Waals surface area contributed by atoms with E-state index in [9.17, 15) is 8.78 Å². The quantitative estimate of drug-likeness (QED) is 0.673. The van der Waals surface area contributed by atoms with Crippen LogP contribution in [0.1, 0.15) is 17.7 Å². The van der Waals surface area contributed by atoms with Crippen LogP contribution >= 0.6 is 0 Å². The van der Waals surface area contributed by atoms with Gasteiger partial charge in [-0.25, -0.2) is 8.78 Å². The third-order valence-electron chi connectivity index (χ3n) is 1.35. The molecule has 0 saturated heterocycles. The first-order valence-corrected chi connectivity index (χ1v) is 3.07. The van der Waals surface area contributed by atoms with Gasteiger partial charge in [-0.05, 0) is 6.92 Å². The molecule has 0 aliphatic rings. The van der Waals surface area contributed by atoms with Crippen molar-refractivity contribution in [3.63, 3.8) is 0 Å². The van der Waals surface area contributed by atoms with Crippen molar-refractivity contribution in [1.29, 1.82) is 0 Å². The lowest BCUT2D eigenvalue weighted by Crippen LogP contribution is -1.97. The van der Waals surface area contributed by atoms with Crippen molar-refractivity contribution in [2.24, 2.45) is 0 Å². The van der Waals surface area contributed by atoms with Gasteiger partial charge in [-0.1, -0.05) is 0 Å². The highest BCUT2D eigenvalue weighted by molar-refractivity contribution is 5.29. The Kier molecular flexibility index (Phi) is 2.07. The Morgan fingerprint density at radius 1 is 1.25 bits per heavy atom. The van der Waals surface area contributed by atoms with Gasteiger partial charge in [-0.3, -0.25) is 0 Å². The van der Waals surface area contributed by atoms with Crippen LogP contribution in [0.4, 0.5) is 8.78 Å². The van der Waals surface area contributed by atoms with E-state index in [0.717, 1.165) is 0 Å². The molecule has 0 unspecified atom stereocenters. The van der Waals surface area contributed by atoms with E-state index in [1.807, 2.05) is 0 Å². The van der Waals surface area contributed by atoms with E-state index in [4.69, 9.17) is 10.2 Å². The number of hydrogen-bond acceptors (Lipinski definition) is 4. The summed E-state index contributed by atoms with van der Waals surface area (Å²) in [4.78, 5) is 6.15. The van der Waals surface area contributed by atoms with E-state index in [2.05, 4.69) is 9.97 Å². The van der Waals surface area contributed by atoms with Gasteiger partial charge < -0.3 is 10.2 Å². The largest absolute Gasteiger partial charge is 0.493 e. The Labute approximate surface area is 66.5 Å². The summed E-state index contributed by atoms with van der Waals surface area (Å²) in [7, 11) is 0.